The number of nitrogens with zero attached hydrogens (tertiary/aromatic N) is 4. The molecular formula is C19H24N4O3. The number of benzene rings is 1. The van der Waals surface area contributed by atoms with Crippen molar-refractivity contribution in [1.82, 2.24) is 19.2 Å². The molecule has 2 aliphatic rings. The second-order valence-electron chi connectivity index (χ2n) is 7.30. The largest absolute Gasteiger partial charge is 0.372 e. The number of carbonyl (C=O) groups excluding carboxylic acids is 1. The zero-order valence-electron chi connectivity index (χ0n) is 15.2. The molecule has 2 atom stereocenters. The molecule has 1 aliphatic heterocycles. The molecule has 4 rings (SSSR count). The fourth-order valence-electron chi connectivity index (χ4n) is 3.56. The summed E-state index contributed by atoms with van der Waals surface area (Å²) in [5.41, 5.74) is 0.549. The third-order valence-electron chi connectivity index (χ3n) is 4.88. The predicted octanol–water partition coefficient (Wildman–Crippen LogP) is 1.55. The van der Waals surface area contributed by atoms with Gasteiger partial charge in [-0.2, -0.15) is 5.10 Å². The van der Waals surface area contributed by atoms with Crippen molar-refractivity contribution in [3.05, 3.63) is 46.6 Å². The number of morpholine rings is 1. The fraction of sp³-hybridized carbons (Fsp3) is 0.526. The van der Waals surface area contributed by atoms with Crippen LogP contribution in [0.15, 0.2) is 35.1 Å². The van der Waals surface area contributed by atoms with Crippen LogP contribution in [-0.4, -0.2) is 50.5 Å². The lowest BCUT2D eigenvalue weighted by molar-refractivity contribution is -0.144. The van der Waals surface area contributed by atoms with E-state index in [4.69, 9.17) is 4.74 Å². The fourth-order valence-corrected chi connectivity index (χ4v) is 3.56. The van der Waals surface area contributed by atoms with E-state index >= 15 is 0 Å². The molecule has 7 heteroatoms. The second-order valence-corrected chi connectivity index (χ2v) is 7.30. The number of hydrogen-bond acceptors (Lipinski definition) is 4. The Bertz CT molecular complexity index is 843. The van der Waals surface area contributed by atoms with Gasteiger partial charge >= 0.3 is 5.69 Å². The first-order chi connectivity index (χ1) is 12.5. The second kappa shape index (κ2) is 6.72. The Morgan fingerprint density at radius 2 is 1.81 bits per heavy atom. The molecule has 1 aromatic carbocycles. The van der Waals surface area contributed by atoms with Crippen LogP contribution in [0.3, 0.4) is 0 Å². The van der Waals surface area contributed by atoms with Crippen LogP contribution in [0.2, 0.25) is 0 Å². The Hall–Kier alpha value is -2.41. The van der Waals surface area contributed by atoms with E-state index in [1.165, 1.54) is 4.68 Å². The third kappa shape index (κ3) is 3.31. The average molecular weight is 356 g/mol. The summed E-state index contributed by atoms with van der Waals surface area (Å²) >= 11 is 0. The van der Waals surface area contributed by atoms with Crippen molar-refractivity contribution in [2.45, 2.75) is 51.4 Å². The number of carbonyl (C=O) groups is 1. The van der Waals surface area contributed by atoms with Gasteiger partial charge in [-0.3, -0.25) is 4.79 Å². The summed E-state index contributed by atoms with van der Waals surface area (Å²) in [5, 5.41) is 4.51. The molecule has 1 saturated heterocycles. The van der Waals surface area contributed by atoms with Crippen molar-refractivity contribution >= 4 is 5.91 Å². The van der Waals surface area contributed by atoms with Gasteiger partial charge in [0.25, 0.3) is 0 Å². The maximum atomic E-state index is 12.9. The number of hydrogen-bond donors (Lipinski definition) is 0. The number of ether oxygens (including phenoxy) is 1. The van der Waals surface area contributed by atoms with E-state index in [1.807, 2.05) is 44.2 Å². The molecule has 26 heavy (non-hydrogen) atoms. The summed E-state index contributed by atoms with van der Waals surface area (Å²) in [7, 11) is 0. The molecule has 1 aliphatic carbocycles. The predicted molar refractivity (Wildman–Crippen MR) is 96.4 cm³/mol. The van der Waals surface area contributed by atoms with Crippen molar-refractivity contribution < 1.29 is 9.53 Å². The molecule has 0 spiro atoms. The van der Waals surface area contributed by atoms with E-state index in [0.717, 1.165) is 24.4 Å². The van der Waals surface area contributed by atoms with E-state index in [9.17, 15) is 9.59 Å². The van der Waals surface area contributed by atoms with Crippen molar-refractivity contribution in [2.75, 3.05) is 13.1 Å². The Kier molecular flexibility index (Phi) is 4.40. The monoisotopic (exact) mass is 356 g/mol. The number of aromatic nitrogens is 3. The highest BCUT2D eigenvalue weighted by atomic mass is 16.5. The maximum absolute atomic E-state index is 12.9. The summed E-state index contributed by atoms with van der Waals surface area (Å²) in [4.78, 5) is 27.4. The van der Waals surface area contributed by atoms with Gasteiger partial charge in [-0.25, -0.2) is 14.0 Å². The summed E-state index contributed by atoms with van der Waals surface area (Å²) in [6.45, 7) is 4.98. The van der Waals surface area contributed by atoms with Gasteiger partial charge in [0.15, 0.2) is 0 Å². The quantitative estimate of drug-likeness (QED) is 0.833. The number of para-hydroxylation sites is 1. The maximum Gasteiger partial charge on any atom is 0.351 e. The van der Waals surface area contributed by atoms with Gasteiger partial charge in [0.1, 0.15) is 12.4 Å². The molecule has 1 amide bonds. The lowest BCUT2D eigenvalue weighted by atomic mass is 10.2. The Balaban J connectivity index is 1.61. The normalized spacial score (nSPS) is 23.2. The standard InChI is InChI=1S/C19H24N4O3/c1-13-10-21(11-14(2)26-13)17(24)12-22-19(25)23(16-6-4-3-5-7-16)18(20-22)15-8-9-15/h3-7,13-15H,8-12H2,1-2H3. The minimum Gasteiger partial charge on any atom is -0.372 e. The first-order valence-electron chi connectivity index (χ1n) is 9.21. The molecule has 7 nitrogen and oxygen atoms in total. The molecule has 2 fully saturated rings. The highest BCUT2D eigenvalue weighted by molar-refractivity contribution is 5.76. The van der Waals surface area contributed by atoms with E-state index in [-0.39, 0.29) is 30.3 Å². The lowest BCUT2D eigenvalue weighted by Crippen LogP contribution is -2.49. The minimum atomic E-state index is -0.249. The Morgan fingerprint density at radius 3 is 2.42 bits per heavy atom. The molecule has 0 N–H and O–H groups in total. The molecule has 2 aromatic rings. The van der Waals surface area contributed by atoms with Gasteiger partial charge in [-0.1, -0.05) is 18.2 Å². The topological polar surface area (TPSA) is 69.4 Å². The van der Waals surface area contributed by atoms with Crippen molar-refractivity contribution in [3.63, 3.8) is 0 Å². The van der Waals surface area contributed by atoms with Crippen LogP contribution in [0, 0.1) is 0 Å². The molecule has 1 saturated carbocycles. The van der Waals surface area contributed by atoms with Crippen LogP contribution in [-0.2, 0) is 16.1 Å². The van der Waals surface area contributed by atoms with Gasteiger partial charge in [0, 0.05) is 19.0 Å². The first-order valence-corrected chi connectivity index (χ1v) is 9.21. The van der Waals surface area contributed by atoms with Crippen LogP contribution < -0.4 is 5.69 Å². The van der Waals surface area contributed by atoms with Crippen LogP contribution in [0.5, 0.6) is 0 Å². The molecule has 2 unspecified atom stereocenters. The molecular weight excluding hydrogens is 332 g/mol. The lowest BCUT2D eigenvalue weighted by Gasteiger charge is -2.35. The minimum absolute atomic E-state index is 0.00308. The summed E-state index contributed by atoms with van der Waals surface area (Å²) in [5.74, 6) is 0.981. The van der Waals surface area contributed by atoms with Crippen molar-refractivity contribution in [3.8, 4) is 5.69 Å². The van der Waals surface area contributed by atoms with Gasteiger partial charge in [0.2, 0.25) is 5.91 Å². The van der Waals surface area contributed by atoms with Crippen molar-refractivity contribution in [1.29, 1.82) is 0 Å². The van der Waals surface area contributed by atoms with E-state index in [0.29, 0.717) is 19.0 Å². The van der Waals surface area contributed by atoms with Gasteiger partial charge in [-0.05, 0) is 38.8 Å². The van der Waals surface area contributed by atoms with Crippen LogP contribution in [0.1, 0.15) is 38.4 Å². The Labute approximate surface area is 152 Å². The van der Waals surface area contributed by atoms with Crippen LogP contribution in [0.4, 0.5) is 0 Å². The van der Waals surface area contributed by atoms with Crippen molar-refractivity contribution in [2.24, 2.45) is 0 Å². The highest BCUT2D eigenvalue weighted by Gasteiger charge is 2.32. The van der Waals surface area contributed by atoms with Gasteiger partial charge < -0.3 is 9.64 Å². The van der Waals surface area contributed by atoms with Crippen LogP contribution in [0.25, 0.3) is 5.69 Å². The average Bonchev–Trinajstić information content (AvgIpc) is 3.40. The zero-order valence-corrected chi connectivity index (χ0v) is 15.2. The van der Waals surface area contributed by atoms with Gasteiger partial charge in [0.05, 0.1) is 17.9 Å². The number of amides is 1. The zero-order chi connectivity index (χ0) is 18.3. The molecule has 0 bridgehead atoms. The number of rotatable bonds is 4. The van der Waals surface area contributed by atoms with E-state index < -0.39 is 0 Å². The van der Waals surface area contributed by atoms with Crippen LogP contribution >= 0.6 is 0 Å². The highest BCUT2D eigenvalue weighted by Crippen LogP contribution is 2.39. The smallest absolute Gasteiger partial charge is 0.351 e. The summed E-state index contributed by atoms with van der Waals surface area (Å²) < 4.78 is 8.64. The molecule has 0 radical (unpaired) electrons. The summed E-state index contributed by atoms with van der Waals surface area (Å²) in [6, 6.07) is 9.51. The van der Waals surface area contributed by atoms with E-state index in [2.05, 4.69) is 5.10 Å². The SMILES string of the molecule is CC1CN(C(=O)Cn2nc(C3CC3)n(-c3ccccc3)c2=O)CC(C)O1. The first kappa shape index (κ1) is 17.0. The molecule has 1 aromatic heterocycles. The molecule has 2 heterocycles. The third-order valence-corrected chi connectivity index (χ3v) is 4.88. The van der Waals surface area contributed by atoms with Gasteiger partial charge in [-0.15, -0.1) is 0 Å². The van der Waals surface area contributed by atoms with E-state index in [1.54, 1.807) is 9.47 Å². The molecule has 138 valence electrons. The summed E-state index contributed by atoms with van der Waals surface area (Å²) in [6.07, 6.45) is 2.08. The Morgan fingerprint density at radius 1 is 1.15 bits per heavy atom.